The van der Waals surface area contributed by atoms with Crippen LogP contribution in [0.1, 0.15) is 17.0 Å². The van der Waals surface area contributed by atoms with Crippen molar-refractivity contribution in [2.75, 3.05) is 5.73 Å². The Morgan fingerprint density at radius 1 is 0.889 bits per heavy atom. The summed E-state index contributed by atoms with van der Waals surface area (Å²) in [6, 6.07) is 23.3. The summed E-state index contributed by atoms with van der Waals surface area (Å²) in [7, 11) is 0. The molecule has 0 amide bonds. The highest BCUT2D eigenvalue weighted by Crippen LogP contribution is 2.27. The van der Waals surface area contributed by atoms with Crippen LogP contribution in [-0.4, -0.2) is 10.1 Å². The van der Waals surface area contributed by atoms with Crippen molar-refractivity contribution in [3.8, 4) is 17.1 Å². The van der Waals surface area contributed by atoms with Crippen molar-refractivity contribution >= 4 is 5.69 Å². The molecule has 5 heteroatoms. The first kappa shape index (κ1) is 16.8. The Bertz CT molecular complexity index is 1010. The van der Waals surface area contributed by atoms with E-state index < -0.39 is 0 Å². The quantitative estimate of drug-likeness (QED) is 0.515. The minimum absolute atomic E-state index is 0.450. The fraction of sp³-hybridized carbons (Fsp3) is 0.0909. The topological polar surface area (TPSA) is 74.2 Å². The number of nitrogens with zero attached hydrogens (tertiary/aromatic N) is 2. The Morgan fingerprint density at radius 2 is 1.70 bits per heavy atom. The molecule has 0 saturated carbocycles. The zero-order chi connectivity index (χ0) is 18.5. The summed E-state index contributed by atoms with van der Waals surface area (Å²) in [6.45, 7) is 0.450. The number of anilines is 1. The first-order valence-electron chi connectivity index (χ1n) is 8.70. The lowest BCUT2D eigenvalue weighted by Crippen LogP contribution is -1.97. The van der Waals surface area contributed by atoms with E-state index in [0.29, 0.717) is 24.5 Å². The summed E-state index contributed by atoms with van der Waals surface area (Å²) in [6.07, 6.45) is 2.44. The predicted molar refractivity (Wildman–Crippen MR) is 104 cm³/mol. The average molecular weight is 357 g/mol. The Labute approximate surface area is 157 Å². The summed E-state index contributed by atoms with van der Waals surface area (Å²) < 4.78 is 11.2. The van der Waals surface area contributed by atoms with Crippen molar-refractivity contribution in [2.45, 2.75) is 13.0 Å². The van der Waals surface area contributed by atoms with Gasteiger partial charge in [-0.1, -0.05) is 35.5 Å². The van der Waals surface area contributed by atoms with Gasteiger partial charge in [0.25, 0.3) is 0 Å². The number of pyridine rings is 1. The maximum absolute atomic E-state index is 6.00. The highest BCUT2D eigenvalue weighted by Gasteiger charge is 2.10. The highest BCUT2D eigenvalue weighted by molar-refractivity contribution is 5.72. The van der Waals surface area contributed by atoms with Gasteiger partial charge in [0.2, 0.25) is 0 Å². The molecule has 0 unspecified atom stereocenters. The van der Waals surface area contributed by atoms with E-state index in [1.807, 2.05) is 72.8 Å². The number of ether oxygens (including phenoxy) is 1. The number of rotatable bonds is 6. The molecule has 0 aliphatic heterocycles. The second-order valence-corrected chi connectivity index (χ2v) is 6.20. The van der Waals surface area contributed by atoms with Crippen molar-refractivity contribution in [2.24, 2.45) is 0 Å². The second-order valence-electron chi connectivity index (χ2n) is 6.20. The Hall–Kier alpha value is -3.60. The fourth-order valence-corrected chi connectivity index (χ4v) is 2.80. The van der Waals surface area contributed by atoms with E-state index in [2.05, 4.69) is 10.1 Å². The van der Waals surface area contributed by atoms with E-state index in [1.54, 1.807) is 6.20 Å². The molecular weight excluding hydrogens is 338 g/mol. The number of para-hydroxylation sites is 1. The zero-order valence-corrected chi connectivity index (χ0v) is 14.7. The van der Waals surface area contributed by atoms with E-state index in [0.717, 1.165) is 28.3 Å². The van der Waals surface area contributed by atoms with Gasteiger partial charge in [-0.05, 0) is 42.0 Å². The van der Waals surface area contributed by atoms with Crippen LogP contribution in [0.3, 0.4) is 0 Å². The maximum atomic E-state index is 6.00. The molecule has 134 valence electrons. The first-order valence-corrected chi connectivity index (χ1v) is 8.70. The minimum atomic E-state index is 0.450. The molecule has 0 radical (unpaired) electrons. The maximum Gasteiger partial charge on any atom is 0.169 e. The third kappa shape index (κ3) is 4.15. The van der Waals surface area contributed by atoms with Crippen LogP contribution in [0.4, 0.5) is 5.69 Å². The van der Waals surface area contributed by atoms with Crippen LogP contribution < -0.4 is 10.5 Å². The van der Waals surface area contributed by atoms with Gasteiger partial charge in [0.05, 0.1) is 11.4 Å². The monoisotopic (exact) mass is 357 g/mol. The summed E-state index contributed by atoms with van der Waals surface area (Å²) in [5.41, 5.74) is 10.4. The SMILES string of the molecule is Nc1ccccc1-c1cc(Cc2ccc(OCc3ccccn3)cc2)no1. The molecule has 0 bridgehead atoms. The van der Waals surface area contributed by atoms with Crippen molar-refractivity contribution in [1.82, 2.24) is 10.1 Å². The molecule has 4 aromatic rings. The minimum Gasteiger partial charge on any atom is -0.487 e. The molecule has 5 nitrogen and oxygen atoms in total. The largest absolute Gasteiger partial charge is 0.487 e. The molecular formula is C22H19N3O2. The third-order valence-electron chi connectivity index (χ3n) is 4.21. The van der Waals surface area contributed by atoms with Crippen LogP contribution in [0, 0.1) is 0 Å². The number of nitrogen functional groups attached to an aromatic ring is 1. The second kappa shape index (κ2) is 7.74. The molecule has 2 aromatic carbocycles. The van der Waals surface area contributed by atoms with E-state index in [-0.39, 0.29) is 0 Å². The van der Waals surface area contributed by atoms with Gasteiger partial charge < -0.3 is 15.0 Å². The van der Waals surface area contributed by atoms with Crippen LogP contribution in [0.2, 0.25) is 0 Å². The molecule has 2 heterocycles. The normalized spacial score (nSPS) is 10.7. The molecule has 0 saturated heterocycles. The highest BCUT2D eigenvalue weighted by atomic mass is 16.5. The molecule has 0 aliphatic carbocycles. The Balaban J connectivity index is 1.39. The van der Waals surface area contributed by atoms with Gasteiger partial charge in [-0.2, -0.15) is 0 Å². The van der Waals surface area contributed by atoms with Gasteiger partial charge in [0.1, 0.15) is 12.4 Å². The van der Waals surface area contributed by atoms with Gasteiger partial charge in [-0.15, -0.1) is 0 Å². The van der Waals surface area contributed by atoms with Crippen molar-refractivity contribution in [3.63, 3.8) is 0 Å². The Kier molecular flexibility index (Phi) is 4.83. The standard InChI is InChI=1S/C22H19N3O2/c23-21-7-2-1-6-20(21)22-14-18(25-27-22)13-16-8-10-19(11-9-16)26-15-17-5-3-4-12-24-17/h1-12,14H,13,15,23H2. The Morgan fingerprint density at radius 3 is 2.48 bits per heavy atom. The van der Waals surface area contributed by atoms with Crippen LogP contribution >= 0.6 is 0 Å². The predicted octanol–water partition coefficient (Wildman–Crippen LogP) is 4.49. The van der Waals surface area contributed by atoms with Crippen LogP contribution in [0.25, 0.3) is 11.3 Å². The molecule has 2 N–H and O–H groups in total. The van der Waals surface area contributed by atoms with Crippen molar-refractivity contribution in [1.29, 1.82) is 0 Å². The van der Waals surface area contributed by atoms with Gasteiger partial charge in [0.15, 0.2) is 5.76 Å². The van der Waals surface area contributed by atoms with Crippen LogP contribution in [0.5, 0.6) is 5.75 Å². The molecule has 0 fully saturated rings. The molecule has 0 aliphatic rings. The molecule has 4 rings (SSSR count). The zero-order valence-electron chi connectivity index (χ0n) is 14.7. The van der Waals surface area contributed by atoms with Crippen LogP contribution in [-0.2, 0) is 13.0 Å². The average Bonchev–Trinajstić information content (AvgIpc) is 3.17. The van der Waals surface area contributed by atoms with E-state index >= 15 is 0 Å². The van der Waals surface area contributed by atoms with Gasteiger partial charge in [-0.3, -0.25) is 4.98 Å². The van der Waals surface area contributed by atoms with E-state index in [9.17, 15) is 0 Å². The van der Waals surface area contributed by atoms with E-state index in [4.69, 9.17) is 15.0 Å². The first-order chi connectivity index (χ1) is 13.3. The molecule has 0 spiro atoms. The number of aromatic nitrogens is 2. The molecule has 0 atom stereocenters. The number of hydrogen-bond donors (Lipinski definition) is 1. The van der Waals surface area contributed by atoms with Gasteiger partial charge in [-0.25, -0.2) is 0 Å². The summed E-state index contributed by atoms with van der Waals surface area (Å²) >= 11 is 0. The van der Waals surface area contributed by atoms with Crippen molar-refractivity contribution in [3.05, 3.63) is 95.9 Å². The fourth-order valence-electron chi connectivity index (χ4n) is 2.80. The summed E-state index contributed by atoms with van der Waals surface area (Å²) in [5, 5.41) is 4.16. The third-order valence-corrected chi connectivity index (χ3v) is 4.21. The summed E-state index contributed by atoms with van der Waals surface area (Å²) in [5.74, 6) is 1.49. The number of nitrogens with two attached hydrogens (primary N) is 1. The summed E-state index contributed by atoms with van der Waals surface area (Å²) in [4.78, 5) is 4.25. The number of hydrogen-bond acceptors (Lipinski definition) is 5. The molecule has 2 aromatic heterocycles. The lowest BCUT2D eigenvalue weighted by Gasteiger charge is -2.06. The van der Waals surface area contributed by atoms with Crippen LogP contribution in [0.15, 0.2) is 83.5 Å². The smallest absolute Gasteiger partial charge is 0.169 e. The lowest BCUT2D eigenvalue weighted by molar-refractivity contribution is 0.301. The lowest BCUT2D eigenvalue weighted by atomic mass is 10.1. The molecule has 27 heavy (non-hydrogen) atoms. The number of benzene rings is 2. The van der Waals surface area contributed by atoms with E-state index in [1.165, 1.54) is 0 Å². The van der Waals surface area contributed by atoms with Crippen molar-refractivity contribution < 1.29 is 9.26 Å². The van der Waals surface area contributed by atoms with Gasteiger partial charge in [0, 0.05) is 29.9 Å². The van der Waals surface area contributed by atoms with Gasteiger partial charge >= 0.3 is 0 Å².